The molecule has 1 unspecified atom stereocenters. The lowest BCUT2D eigenvalue weighted by molar-refractivity contribution is 0.0749. The zero-order valence-electron chi connectivity index (χ0n) is 13.3. The van der Waals surface area contributed by atoms with Crippen LogP contribution in [0.25, 0.3) is 0 Å². The Morgan fingerprint density at radius 3 is 3.00 bits per heavy atom. The number of amides is 1. The van der Waals surface area contributed by atoms with Gasteiger partial charge >= 0.3 is 0 Å². The van der Waals surface area contributed by atoms with Gasteiger partial charge in [0.15, 0.2) is 0 Å². The lowest BCUT2D eigenvalue weighted by Crippen LogP contribution is -2.41. The average molecular weight is 290 g/mol. The first kappa shape index (κ1) is 15.8. The van der Waals surface area contributed by atoms with Crippen LogP contribution in [-0.2, 0) is 0 Å². The maximum atomic E-state index is 12.7. The van der Waals surface area contributed by atoms with Crippen molar-refractivity contribution in [2.24, 2.45) is 5.92 Å². The number of nitrogens with zero attached hydrogens (tertiary/aromatic N) is 1. The van der Waals surface area contributed by atoms with Gasteiger partial charge in [-0.15, -0.1) is 0 Å². The van der Waals surface area contributed by atoms with Crippen LogP contribution in [0.2, 0.25) is 0 Å². The standard InChI is InChI=1S/C17H26N2O2/c1-13(2)10-15-12-19(9-5-8-18-15)17(20)14-6-4-7-16(11-14)21-3/h4,6-7,11,13,15,18H,5,8-10,12H2,1-3H3. The van der Waals surface area contributed by atoms with Crippen LogP contribution in [0, 0.1) is 5.92 Å². The van der Waals surface area contributed by atoms with E-state index in [-0.39, 0.29) is 5.91 Å². The highest BCUT2D eigenvalue weighted by molar-refractivity contribution is 5.94. The second kappa shape index (κ2) is 7.46. The van der Waals surface area contributed by atoms with E-state index in [4.69, 9.17) is 4.74 Å². The maximum absolute atomic E-state index is 12.7. The van der Waals surface area contributed by atoms with Crippen molar-refractivity contribution in [3.05, 3.63) is 29.8 Å². The zero-order chi connectivity index (χ0) is 15.2. The fourth-order valence-corrected chi connectivity index (χ4v) is 2.85. The number of hydrogen-bond acceptors (Lipinski definition) is 3. The van der Waals surface area contributed by atoms with Crippen LogP contribution < -0.4 is 10.1 Å². The molecule has 0 saturated carbocycles. The summed E-state index contributed by atoms with van der Waals surface area (Å²) >= 11 is 0. The fourth-order valence-electron chi connectivity index (χ4n) is 2.85. The number of rotatable bonds is 4. The molecule has 1 heterocycles. The molecule has 4 nitrogen and oxygen atoms in total. The van der Waals surface area contributed by atoms with Gasteiger partial charge in [0.05, 0.1) is 7.11 Å². The summed E-state index contributed by atoms with van der Waals surface area (Å²) in [5, 5.41) is 3.55. The van der Waals surface area contributed by atoms with Crippen molar-refractivity contribution in [3.8, 4) is 5.75 Å². The van der Waals surface area contributed by atoms with Crippen LogP contribution in [0.15, 0.2) is 24.3 Å². The second-order valence-electron chi connectivity index (χ2n) is 6.12. The predicted octanol–water partition coefficient (Wildman–Crippen LogP) is 2.55. The lowest BCUT2D eigenvalue weighted by atomic mass is 10.0. The minimum atomic E-state index is 0.103. The van der Waals surface area contributed by atoms with E-state index < -0.39 is 0 Å². The summed E-state index contributed by atoms with van der Waals surface area (Å²) in [4.78, 5) is 14.7. The Morgan fingerprint density at radius 2 is 2.29 bits per heavy atom. The first-order valence-corrected chi connectivity index (χ1v) is 7.77. The summed E-state index contributed by atoms with van der Waals surface area (Å²) in [6.07, 6.45) is 2.10. The molecule has 1 aromatic rings. The van der Waals surface area contributed by atoms with Crippen molar-refractivity contribution in [1.29, 1.82) is 0 Å². The van der Waals surface area contributed by atoms with E-state index in [0.717, 1.165) is 38.2 Å². The van der Waals surface area contributed by atoms with Crippen molar-refractivity contribution < 1.29 is 9.53 Å². The molecule has 4 heteroatoms. The predicted molar refractivity (Wildman–Crippen MR) is 84.8 cm³/mol. The van der Waals surface area contributed by atoms with E-state index in [2.05, 4.69) is 19.2 Å². The number of hydrogen-bond donors (Lipinski definition) is 1. The molecule has 0 aromatic heterocycles. The molecule has 1 N–H and O–H groups in total. The molecule has 1 atom stereocenters. The molecule has 116 valence electrons. The van der Waals surface area contributed by atoms with Crippen LogP contribution in [0.3, 0.4) is 0 Å². The molecule has 1 aromatic carbocycles. The molecular weight excluding hydrogens is 264 g/mol. The van der Waals surface area contributed by atoms with Gasteiger partial charge in [-0.25, -0.2) is 0 Å². The molecule has 1 aliphatic rings. The molecule has 1 aliphatic heterocycles. The third kappa shape index (κ3) is 4.46. The number of ether oxygens (including phenoxy) is 1. The normalized spacial score (nSPS) is 19.4. The number of carbonyl (C=O) groups is 1. The Bertz CT molecular complexity index is 474. The van der Waals surface area contributed by atoms with Crippen molar-refractivity contribution in [2.45, 2.75) is 32.7 Å². The van der Waals surface area contributed by atoms with Crippen LogP contribution in [0.5, 0.6) is 5.75 Å². The minimum Gasteiger partial charge on any atom is -0.497 e. The third-order valence-electron chi connectivity index (χ3n) is 3.84. The van der Waals surface area contributed by atoms with E-state index in [9.17, 15) is 4.79 Å². The Morgan fingerprint density at radius 1 is 1.48 bits per heavy atom. The molecule has 0 radical (unpaired) electrons. The monoisotopic (exact) mass is 290 g/mol. The van der Waals surface area contributed by atoms with Crippen molar-refractivity contribution in [1.82, 2.24) is 10.2 Å². The van der Waals surface area contributed by atoms with Crippen molar-refractivity contribution in [3.63, 3.8) is 0 Å². The van der Waals surface area contributed by atoms with Gasteiger partial charge < -0.3 is 15.0 Å². The van der Waals surface area contributed by atoms with Gasteiger partial charge in [0, 0.05) is 24.7 Å². The van der Waals surface area contributed by atoms with Crippen molar-refractivity contribution >= 4 is 5.91 Å². The SMILES string of the molecule is COc1cccc(C(=O)N2CCCNC(CC(C)C)C2)c1. The van der Waals surface area contributed by atoms with Crippen LogP contribution in [-0.4, -0.2) is 43.6 Å². The first-order valence-electron chi connectivity index (χ1n) is 7.77. The van der Waals surface area contributed by atoms with Crippen LogP contribution in [0.1, 0.15) is 37.0 Å². The van der Waals surface area contributed by atoms with E-state index in [1.807, 2.05) is 29.2 Å². The Labute approximate surface area is 127 Å². The van der Waals surface area contributed by atoms with Gasteiger partial charge in [-0.2, -0.15) is 0 Å². The lowest BCUT2D eigenvalue weighted by Gasteiger charge is -2.25. The number of methoxy groups -OCH3 is 1. The van der Waals surface area contributed by atoms with Gasteiger partial charge in [-0.1, -0.05) is 19.9 Å². The summed E-state index contributed by atoms with van der Waals surface area (Å²) < 4.78 is 5.21. The molecule has 0 bridgehead atoms. The van der Waals surface area contributed by atoms with E-state index >= 15 is 0 Å². The Kier molecular flexibility index (Phi) is 5.62. The molecule has 1 amide bonds. The number of nitrogens with one attached hydrogen (secondary N) is 1. The van der Waals surface area contributed by atoms with E-state index in [1.54, 1.807) is 7.11 Å². The summed E-state index contributed by atoms with van der Waals surface area (Å²) in [5.41, 5.74) is 0.708. The van der Waals surface area contributed by atoms with Crippen molar-refractivity contribution in [2.75, 3.05) is 26.7 Å². The van der Waals surface area contributed by atoms with Gasteiger partial charge in [-0.05, 0) is 43.5 Å². The Hall–Kier alpha value is -1.55. The van der Waals surface area contributed by atoms with Gasteiger partial charge in [-0.3, -0.25) is 4.79 Å². The molecular formula is C17H26N2O2. The topological polar surface area (TPSA) is 41.6 Å². The van der Waals surface area contributed by atoms with Gasteiger partial charge in [0.25, 0.3) is 5.91 Å². The van der Waals surface area contributed by atoms with Crippen LogP contribution in [0.4, 0.5) is 0 Å². The second-order valence-corrected chi connectivity index (χ2v) is 6.12. The highest BCUT2D eigenvalue weighted by atomic mass is 16.5. The minimum absolute atomic E-state index is 0.103. The summed E-state index contributed by atoms with van der Waals surface area (Å²) in [6, 6.07) is 7.80. The molecule has 2 rings (SSSR count). The summed E-state index contributed by atoms with van der Waals surface area (Å²) in [6.45, 7) is 7.03. The molecule has 21 heavy (non-hydrogen) atoms. The number of benzene rings is 1. The molecule has 1 saturated heterocycles. The first-order chi connectivity index (χ1) is 10.1. The average Bonchev–Trinajstić information content (AvgIpc) is 2.71. The number of carbonyl (C=O) groups excluding carboxylic acids is 1. The molecule has 0 aliphatic carbocycles. The quantitative estimate of drug-likeness (QED) is 0.926. The largest absolute Gasteiger partial charge is 0.497 e. The summed E-state index contributed by atoms with van der Waals surface area (Å²) in [5.74, 6) is 1.47. The van der Waals surface area contributed by atoms with E-state index in [1.165, 1.54) is 0 Å². The molecule has 0 spiro atoms. The smallest absolute Gasteiger partial charge is 0.254 e. The summed E-state index contributed by atoms with van der Waals surface area (Å²) in [7, 11) is 1.62. The van der Waals surface area contributed by atoms with Gasteiger partial charge in [0.1, 0.15) is 5.75 Å². The zero-order valence-corrected chi connectivity index (χ0v) is 13.3. The van der Waals surface area contributed by atoms with Crippen LogP contribution >= 0.6 is 0 Å². The van der Waals surface area contributed by atoms with Gasteiger partial charge in [0.2, 0.25) is 0 Å². The highest BCUT2D eigenvalue weighted by Crippen LogP contribution is 2.17. The maximum Gasteiger partial charge on any atom is 0.254 e. The molecule has 1 fully saturated rings. The highest BCUT2D eigenvalue weighted by Gasteiger charge is 2.23. The third-order valence-corrected chi connectivity index (χ3v) is 3.84. The Balaban J connectivity index is 2.08. The fraction of sp³-hybridized carbons (Fsp3) is 0.588. The van der Waals surface area contributed by atoms with E-state index in [0.29, 0.717) is 17.5 Å².